The Balaban J connectivity index is 2.61. The summed E-state index contributed by atoms with van der Waals surface area (Å²) in [6, 6.07) is 3.27. The minimum Gasteiger partial charge on any atom is -0.444 e. The first-order chi connectivity index (χ1) is 8.70. The average Bonchev–Trinajstić information content (AvgIpc) is 2.23. The predicted octanol–water partition coefficient (Wildman–Crippen LogP) is 2.52. The highest BCUT2D eigenvalue weighted by Crippen LogP contribution is 2.20. The molecule has 0 heterocycles. The fraction of sp³-hybridized carbons (Fsp3) is 0.462. The van der Waals surface area contributed by atoms with Gasteiger partial charge in [0.25, 0.3) is 0 Å². The molecule has 1 atom stereocenters. The Morgan fingerprint density at radius 2 is 1.89 bits per heavy atom. The monoisotopic (exact) mass is 273 g/mol. The van der Waals surface area contributed by atoms with Crippen LogP contribution >= 0.6 is 0 Å². The highest BCUT2D eigenvalue weighted by Gasteiger charge is 2.20. The van der Waals surface area contributed by atoms with Crippen molar-refractivity contribution < 1.29 is 23.4 Å². The van der Waals surface area contributed by atoms with Gasteiger partial charge in [-0.05, 0) is 32.9 Å². The van der Waals surface area contributed by atoms with Crippen LogP contribution in [-0.2, 0) is 4.74 Å². The number of halogens is 2. The quantitative estimate of drug-likeness (QED) is 0.889. The number of amides is 1. The maximum absolute atomic E-state index is 13.4. The number of rotatable bonds is 3. The van der Waals surface area contributed by atoms with Crippen molar-refractivity contribution in [3.05, 3.63) is 35.4 Å². The molecule has 6 heteroatoms. The fourth-order valence-corrected chi connectivity index (χ4v) is 1.43. The van der Waals surface area contributed by atoms with Gasteiger partial charge in [-0.3, -0.25) is 0 Å². The second-order valence-corrected chi connectivity index (χ2v) is 5.03. The number of benzene rings is 1. The van der Waals surface area contributed by atoms with Gasteiger partial charge in [0.15, 0.2) is 0 Å². The maximum Gasteiger partial charge on any atom is 0.407 e. The molecule has 0 radical (unpaired) electrons. The Kier molecular flexibility index (Phi) is 4.83. The number of nitrogens with one attached hydrogen (secondary N) is 1. The number of hydrogen-bond acceptors (Lipinski definition) is 3. The molecule has 0 aliphatic carbocycles. The summed E-state index contributed by atoms with van der Waals surface area (Å²) in [5.41, 5.74) is -1.16. The van der Waals surface area contributed by atoms with E-state index in [9.17, 15) is 18.7 Å². The zero-order valence-corrected chi connectivity index (χ0v) is 11.0. The molecule has 0 saturated carbocycles. The van der Waals surface area contributed by atoms with Crippen LogP contribution < -0.4 is 5.32 Å². The van der Waals surface area contributed by atoms with E-state index in [1.54, 1.807) is 20.8 Å². The Morgan fingerprint density at radius 3 is 2.37 bits per heavy atom. The van der Waals surface area contributed by atoms with Crippen LogP contribution in [0.15, 0.2) is 18.2 Å². The van der Waals surface area contributed by atoms with Gasteiger partial charge in [0.2, 0.25) is 0 Å². The maximum atomic E-state index is 13.4. The molecule has 0 aromatic heterocycles. The minimum atomic E-state index is -1.48. The number of aliphatic hydroxyl groups excluding tert-OH is 1. The minimum absolute atomic E-state index is 0.341. The third-order valence-corrected chi connectivity index (χ3v) is 2.17. The first kappa shape index (κ1) is 15.4. The standard InChI is InChI=1S/C13H17F2NO3/c1-13(2,3)19-12(18)16-7-10(17)11-8(14)5-4-6-9(11)15/h4-6,10,17H,7H2,1-3H3,(H,16,18). The van der Waals surface area contributed by atoms with Crippen molar-refractivity contribution in [3.63, 3.8) is 0 Å². The topological polar surface area (TPSA) is 58.6 Å². The molecular weight excluding hydrogens is 256 g/mol. The first-order valence-electron chi connectivity index (χ1n) is 5.79. The van der Waals surface area contributed by atoms with Crippen LogP contribution in [0.5, 0.6) is 0 Å². The second kappa shape index (κ2) is 5.97. The highest BCUT2D eigenvalue weighted by atomic mass is 19.1. The van der Waals surface area contributed by atoms with Gasteiger partial charge in [-0.2, -0.15) is 0 Å². The van der Waals surface area contributed by atoms with Gasteiger partial charge in [0.05, 0.1) is 12.1 Å². The van der Waals surface area contributed by atoms with Gasteiger partial charge in [-0.25, -0.2) is 13.6 Å². The largest absolute Gasteiger partial charge is 0.444 e. The van der Waals surface area contributed by atoms with Gasteiger partial charge in [0, 0.05) is 0 Å². The number of alkyl carbamates (subject to hydrolysis) is 1. The summed E-state index contributed by atoms with van der Waals surface area (Å²) in [5.74, 6) is -1.73. The zero-order chi connectivity index (χ0) is 14.6. The van der Waals surface area contributed by atoms with Crippen molar-refractivity contribution >= 4 is 6.09 Å². The fourth-order valence-electron chi connectivity index (χ4n) is 1.43. The van der Waals surface area contributed by atoms with Crippen molar-refractivity contribution in [1.29, 1.82) is 0 Å². The summed E-state index contributed by atoms with van der Waals surface area (Å²) in [6.45, 7) is 4.70. The van der Waals surface area contributed by atoms with Crippen LogP contribution in [0.3, 0.4) is 0 Å². The molecule has 0 aliphatic rings. The van der Waals surface area contributed by atoms with Crippen LogP contribution in [0, 0.1) is 11.6 Å². The lowest BCUT2D eigenvalue weighted by molar-refractivity contribution is 0.0488. The van der Waals surface area contributed by atoms with Crippen LogP contribution in [0.1, 0.15) is 32.4 Å². The molecule has 106 valence electrons. The number of ether oxygens (including phenoxy) is 1. The Morgan fingerprint density at radius 1 is 1.37 bits per heavy atom. The van der Waals surface area contributed by atoms with Gasteiger partial charge in [-0.1, -0.05) is 6.07 Å². The van der Waals surface area contributed by atoms with Crippen LogP contribution in [0.25, 0.3) is 0 Å². The molecule has 0 spiro atoms. The number of hydrogen-bond donors (Lipinski definition) is 2. The van der Waals surface area contributed by atoms with E-state index < -0.39 is 35.0 Å². The molecule has 0 bridgehead atoms. The summed E-state index contributed by atoms with van der Waals surface area (Å²) >= 11 is 0. The number of carbonyl (C=O) groups is 1. The molecule has 4 nitrogen and oxygen atoms in total. The molecule has 0 fully saturated rings. The lowest BCUT2D eigenvalue weighted by Gasteiger charge is -2.20. The highest BCUT2D eigenvalue weighted by molar-refractivity contribution is 5.67. The Labute approximate surface area is 110 Å². The third kappa shape index (κ3) is 4.82. The van der Waals surface area contributed by atoms with Crippen molar-refractivity contribution in [2.75, 3.05) is 6.54 Å². The van der Waals surface area contributed by atoms with E-state index in [1.165, 1.54) is 6.07 Å². The first-order valence-corrected chi connectivity index (χ1v) is 5.79. The van der Waals surface area contributed by atoms with Crippen molar-refractivity contribution in [2.45, 2.75) is 32.5 Å². The van der Waals surface area contributed by atoms with Crippen molar-refractivity contribution in [3.8, 4) is 0 Å². The summed E-state index contributed by atoms with van der Waals surface area (Å²) in [7, 11) is 0. The van der Waals surface area contributed by atoms with Gasteiger partial charge in [-0.15, -0.1) is 0 Å². The van der Waals surface area contributed by atoms with E-state index in [1.807, 2.05) is 0 Å². The van der Waals surface area contributed by atoms with E-state index in [2.05, 4.69) is 5.32 Å². The lowest BCUT2D eigenvalue weighted by atomic mass is 10.1. The van der Waals surface area contributed by atoms with E-state index in [4.69, 9.17) is 4.74 Å². The van der Waals surface area contributed by atoms with Gasteiger partial charge >= 0.3 is 6.09 Å². The smallest absolute Gasteiger partial charge is 0.407 e. The van der Waals surface area contributed by atoms with Gasteiger partial charge < -0.3 is 15.2 Å². The zero-order valence-electron chi connectivity index (χ0n) is 11.0. The molecule has 1 amide bonds. The molecule has 1 aromatic carbocycles. The van der Waals surface area contributed by atoms with Gasteiger partial charge in [0.1, 0.15) is 23.3 Å². The molecule has 1 rings (SSSR count). The second-order valence-electron chi connectivity index (χ2n) is 5.03. The summed E-state index contributed by atoms with van der Waals surface area (Å²) < 4.78 is 31.6. The SMILES string of the molecule is CC(C)(C)OC(=O)NCC(O)c1c(F)cccc1F. The Bertz CT molecular complexity index is 437. The van der Waals surface area contributed by atoms with E-state index in [0.29, 0.717) is 0 Å². The van der Waals surface area contributed by atoms with E-state index >= 15 is 0 Å². The number of aliphatic hydroxyl groups is 1. The third-order valence-electron chi connectivity index (χ3n) is 2.17. The summed E-state index contributed by atoms with van der Waals surface area (Å²) in [6.07, 6.45) is -2.24. The van der Waals surface area contributed by atoms with Crippen LogP contribution in [-0.4, -0.2) is 23.3 Å². The summed E-state index contributed by atoms with van der Waals surface area (Å²) in [5, 5.41) is 11.9. The summed E-state index contributed by atoms with van der Waals surface area (Å²) in [4.78, 5) is 11.3. The molecule has 0 aliphatic heterocycles. The van der Waals surface area contributed by atoms with Crippen LogP contribution in [0.2, 0.25) is 0 Å². The average molecular weight is 273 g/mol. The van der Waals surface area contributed by atoms with E-state index in [0.717, 1.165) is 12.1 Å². The normalized spacial score (nSPS) is 12.9. The van der Waals surface area contributed by atoms with Crippen molar-refractivity contribution in [1.82, 2.24) is 5.32 Å². The van der Waals surface area contributed by atoms with Crippen LogP contribution in [0.4, 0.5) is 13.6 Å². The molecular formula is C13H17F2NO3. The predicted molar refractivity (Wildman–Crippen MR) is 65.6 cm³/mol. The van der Waals surface area contributed by atoms with Crippen molar-refractivity contribution in [2.24, 2.45) is 0 Å². The molecule has 0 saturated heterocycles. The number of carbonyl (C=O) groups excluding carboxylic acids is 1. The molecule has 1 aromatic rings. The Hall–Kier alpha value is -1.69. The lowest BCUT2D eigenvalue weighted by Crippen LogP contribution is -2.35. The van der Waals surface area contributed by atoms with E-state index in [-0.39, 0.29) is 6.54 Å². The molecule has 1 unspecified atom stereocenters. The molecule has 19 heavy (non-hydrogen) atoms. The molecule has 2 N–H and O–H groups in total.